The van der Waals surface area contributed by atoms with E-state index in [9.17, 15) is 9.59 Å². The number of nitrogens with one attached hydrogen (secondary N) is 2. The van der Waals surface area contributed by atoms with Crippen LogP contribution in [0.25, 0.3) is 0 Å². The molecule has 2 aromatic carbocycles. The average molecular weight is 379 g/mol. The molecule has 25 heavy (non-hydrogen) atoms. The van der Waals surface area contributed by atoms with Crippen molar-refractivity contribution in [1.29, 1.82) is 0 Å². The molecule has 2 amide bonds. The summed E-state index contributed by atoms with van der Waals surface area (Å²) in [4.78, 5) is 23.6. The van der Waals surface area contributed by atoms with E-state index in [-0.39, 0.29) is 11.8 Å². The van der Waals surface area contributed by atoms with Crippen LogP contribution in [-0.2, 0) is 22.4 Å². The van der Waals surface area contributed by atoms with Crippen LogP contribution in [-0.4, -0.2) is 24.9 Å². The molecule has 2 N–H and O–H groups in total. The van der Waals surface area contributed by atoms with Gasteiger partial charge in [-0.25, -0.2) is 0 Å². The zero-order chi connectivity index (χ0) is 18.1. The molecule has 0 bridgehead atoms. The Morgan fingerprint density at radius 3 is 2.24 bits per heavy atom. The Hall–Kier alpha value is -2.04. The van der Waals surface area contributed by atoms with E-state index in [1.165, 1.54) is 0 Å². The molecule has 0 unspecified atom stereocenters. The maximum atomic E-state index is 11.8. The number of halogens is 2. The fourth-order valence-electron chi connectivity index (χ4n) is 2.31. The number of aryl methyl sites for hydroxylation is 1. The number of carbonyl (C=O) groups excluding carboxylic acids is 2. The smallest absolute Gasteiger partial charge is 0.224 e. The molecule has 0 fully saturated rings. The van der Waals surface area contributed by atoms with Gasteiger partial charge in [-0.3, -0.25) is 9.59 Å². The van der Waals surface area contributed by atoms with Crippen LogP contribution < -0.4 is 10.6 Å². The summed E-state index contributed by atoms with van der Waals surface area (Å²) >= 11 is 11.9. The van der Waals surface area contributed by atoms with Crippen molar-refractivity contribution in [3.63, 3.8) is 0 Å². The van der Waals surface area contributed by atoms with Gasteiger partial charge in [-0.05, 0) is 29.7 Å². The van der Waals surface area contributed by atoms with Gasteiger partial charge >= 0.3 is 0 Å². The molecular formula is C19H20Cl2N2O2. The first-order valence-corrected chi connectivity index (χ1v) is 8.81. The average Bonchev–Trinajstić information content (AvgIpc) is 2.59. The van der Waals surface area contributed by atoms with Gasteiger partial charge in [-0.2, -0.15) is 0 Å². The topological polar surface area (TPSA) is 58.2 Å². The summed E-state index contributed by atoms with van der Waals surface area (Å²) in [5, 5.41) is 6.70. The Labute approximate surface area is 157 Å². The summed E-state index contributed by atoms with van der Waals surface area (Å²) in [6, 6.07) is 14.8. The van der Waals surface area contributed by atoms with Crippen molar-refractivity contribution in [2.75, 3.05) is 13.1 Å². The van der Waals surface area contributed by atoms with Gasteiger partial charge in [0.2, 0.25) is 11.8 Å². The van der Waals surface area contributed by atoms with Gasteiger partial charge in [0.1, 0.15) is 0 Å². The van der Waals surface area contributed by atoms with E-state index >= 15 is 0 Å². The lowest BCUT2D eigenvalue weighted by molar-refractivity contribution is -0.122. The molecule has 6 heteroatoms. The van der Waals surface area contributed by atoms with Gasteiger partial charge in [0.05, 0.1) is 6.42 Å². The molecule has 0 aliphatic heterocycles. The fraction of sp³-hybridized carbons (Fsp3) is 0.263. The zero-order valence-corrected chi connectivity index (χ0v) is 15.2. The van der Waals surface area contributed by atoms with Gasteiger partial charge in [0, 0.05) is 29.6 Å². The molecular weight excluding hydrogens is 359 g/mol. The lowest BCUT2D eigenvalue weighted by atomic mass is 10.1. The molecule has 0 radical (unpaired) electrons. The van der Waals surface area contributed by atoms with E-state index in [1.807, 2.05) is 36.4 Å². The molecule has 0 spiro atoms. The summed E-state index contributed by atoms with van der Waals surface area (Å²) < 4.78 is 0. The van der Waals surface area contributed by atoms with Gasteiger partial charge < -0.3 is 10.6 Å². The van der Waals surface area contributed by atoms with Gasteiger partial charge in [0.15, 0.2) is 0 Å². The lowest BCUT2D eigenvalue weighted by Gasteiger charge is -2.08. The highest BCUT2D eigenvalue weighted by molar-refractivity contribution is 6.35. The number of benzene rings is 2. The largest absolute Gasteiger partial charge is 0.354 e. The van der Waals surface area contributed by atoms with Crippen LogP contribution in [0.5, 0.6) is 0 Å². The number of rotatable bonds is 8. The molecule has 0 aromatic heterocycles. The van der Waals surface area contributed by atoms with E-state index in [0.717, 1.165) is 11.1 Å². The predicted molar refractivity (Wildman–Crippen MR) is 101 cm³/mol. The third kappa shape index (κ3) is 7.16. The number of hydrogen-bond donors (Lipinski definition) is 2. The lowest BCUT2D eigenvalue weighted by Crippen LogP contribution is -2.35. The fourth-order valence-corrected chi connectivity index (χ4v) is 2.81. The van der Waals surface area contributed by atoms with Gasteiger partial charge in [0.25, 0.3) is 0 Å². The summed E-state index contributed by atoms with van der Waals surface area (Å²) in [7, 11) is 0. The van der Waals surface area contributed by atoms with E-state index in [1.54, 1.807) is 12.1 Å². The second-order valence-corrected chi connectivity index (χ2v) is 6.44. The molecule has 132 valence electrons. The monoisotopic (exact) mass is 378 g/mol. The van der Waals surface area contributed by atoms with Crippen LogP contribution in [0.15, 0.2) is 48.5 Å². The molecule has 4 nitrogen and oxygen atoms in total. The van der Waals surface area contributed by atoms with Crippen molar-refractivity contribution >= 4 is 35.0 Å². The van der Waals surface area contributed by atoms with Crippen LogP contribution in [0.4, 0.5) is 0 Å². The minimum Gasteiger partial charge on any atom is -0.354 e. The highest BCUT2D eigenvalue weighted by Gasteiger charge is 2.06. The van der Waals surface area contributed by atoms with Crippen molar-refractivity contribution in [3.05, 3.63) is 69.7 Å². The SMILES string of the molecule is O=C(CCc1ccc(Cl)cc1Cl)NCCNC(=O)Cc1ccccc1. The minimum absolute atomic E-state index is 0.0617. The van der Waals surface area contributed by atoms with Crippen LogP contribution in [0.3, 0.4) is 0 Å². The van der Waals surface area contributed by atoms with Crippen LogP contribution in [0.2, 0.25) is 10.0 Å². The second kappa shape index (κ2) is 10.1. The summed E-state index contributed by atoms with van der Waals surface area (Å²) in [6.07, 6.45) is 1.21. The Kier molecular flexibility index (Phi) is 7.76. The van der Waals surface area contributed by atoms with E-state index in [4.69, 9.17) is 23.2 Å². The van der Waals surface area contributed by atoms with Crippen molar-refractivity contribution in [3.8, 4) is 0 Å². The number of carbonyl (C=O) groups is 2. The third-order valence-electron chi connectivity index (χ3n) is 3.61. The van der Waals surface area contributed by atoms with Crippen LogP contribution in [0, 0.1) is 0 Å². The zero-order valence-electron chi connectivity index (χ0n) is 13.7. The Balaban J connectivity index is 1.61. The first-order valence-electron chi connectivity index (χ1n) is 8.06. The predicted octanol–water partition coefficient (Wildman–Crippen LogP) is 3.40. The third-order valence-corrected chi connectivity index (χ3v) is 4.20. The summed E-state index contributed by atoms with van der Waals surface area (Å²) in [6.45, 7) is 0.798. The molecule has 2 aromatic rings. The molecule has 0 aliphatic rings. The molecule has 0 atom stereocenters. The minimum atomic E-state index is -0.0803. The first-order chi connectivity index (χ1) is 12.0. The maximum Gasteiger partial charge on any atom is 0.224 e. The Morgan fingerprint density at radius 1 is 0.880 bits per heavy atom. The number of amides is 2. The Morgan fingerprint density at radius 2 is 1.56 bits per heavy atom. The number of hydrogen-bond acceptors (Lipinski definition) is 2. The highest BCUT2D eigenvalue weighted by Crippen LogP contribution is 2.21. The summed E-state index contributed by atoms with van der Waals surface area (Å²) in [5.74, 6) is -0.142. The quantitative estimate of drug-likeness (QED) is 0.691. The molecule has 0 saturated heterocycles. The summed E-state index contributed by atoms with van der Waals surface area (Å²) in [5.41, 5.74) is 1.85. The second-order valence-electron chi connectivity index (χ2n) is 5.60. The highest BCUT2D eigenvalue weighted by atomic mass is 35.5. The van der Waals surface area contributed by atoms with Crippen molar-refractivity contribution in [1.82, 2.24) is 10.6 Å². The van der Waals surface area contributed by atoms with Crippen molar-refractivity contribution in [2.24, 2.45) is 0 Å². The van der Waals surface area contributed by atoms with Crippen LogP contribution in [0.1, 0.15) is 17.5 Å². The van der Waals surface area contributed by atoms with E-state index in [0.29, 0.717) is 42.4 Å². The Bertz CT molecular complexity index is 721. The van der Waals surface area contributed by atoms with E-state index in [2.05, 4.69) is 10.6 Å². The first kappa shape index (κ1) is 19.3. The normalized spacial score (nSPS) is 10.3. The van der Waals surface area contributed by atoms with Crippen molar-refractivity contribution < 1.29 is 9.59 Å². The molecule has 0 aliphatic carbocycles. The molecule has 2 rings (SSSR count). The molecule has 0 saturated carbocycles. The molecule has 0 heterocycles. The van der Waals surface area contributed by atoms with Gasteiger partial charge in [-0.15, -0.1) is 0 Å². The standard InChI is InChI=1S/C19H20Cl2N2O2/c20-16-8-6-15(17(21)13-16)7-9-18(24)22-10-11-23-19(25)12-14-4-2-1-3-5-14/h1-6,8,13H,7,9-12H2,(H,22,24)(H,23,25). The van der Waals surface area contributed by atoms with Crippen LogP contribution >= 0.6 is 23.2 Å². The van der Waals surface area contributed by atoms with E-state index < -0.39 is 0 Å². The van der Waals surface area contributed by atoms with Gasteiger partial charge in [-0.1, -0.05) is 59.6 Å². The van der Waals surface area contributed by atoms with Crippen molar-refractivity contribution in [2.45, 2.75) is 19.3 Å². The maximum absolute atomic E-state index is 11.8.